The largest absolute Gasteiger partial charge is 0.397 e. The third-order valence-electron chi connectivity index (χ3n) is 3.43. The Hall–Kier alpha value is -2.49. The fourth-order valence-corrected chi connectivity index (χ4v) is 2.20. The molecule has 0 radical (unpaired) electrons. The first kappa shape index (κ1) is 14.9. The predicted molar refractivity (Wildman–Crippen MR) is 88.1 cm³/mol. The SMILES string of the molecule is Cc1cccc(N(C)c2cc(C(=O)N(C)C)ccc2N)c1. The number of carbonyl (C=O) groups is 1. The summed E-state index contributed by atoms with van der Waals surface area (Å²) in [6.07, 6.45) is 0. The molecule has 2 N–H and O–H groups in total. The van der Waals surface area contributed by atoms with Crippen molar-refractivity contribution in [1.29, 1.82) is 0 Å². The van der Waals surface area contributed by atoms with E-state index in [1.165, 1.54) is 5.56 Å². The van der Waals surface area contributed by atoms with Gasteiger partial charge in [-0.15, -0.1) is 0 Å². The van der Waals surface area contributed by atoms with Crippen molar-refractivity contribution in [2.24, 2.45) is 0 Å². The molecule has 0 bridgehead atoms. The van der Waals surface area contributed by atoms with Gasteiger partial charge in [-0.3, -0.25) is 4.79 Å². The van der Waals surface area contributed by atoms with E-state index in [4.69, 9.17) is 5.73 Å². The van der Waals surface area contributed by atoms with Crippen LogP contribution in [0.25, 0.3) is 0 Å². The summed E-state index contributed by atoms with van der Waals surface area (Å²) in [6.45, 7) is 2.05. The van der Waals surface area contributed by atoms with Gasteiger partial charge in [-0.1, -0.05) is 12.1 Å². The molecule has 2 rings (SSSR count). The van der Waals surface area contributed by atoms with Crippen LogP contribution in [0.5, 0.6) is 0 Å². The van der Waals surface area contributed by atoms with Crippen LogP contribution in [0.1, 0.15) is 15.9 Å². The van der Waals surface area contributed by atoms with Crippen molar-refractivity contribution in [3.8, 4) is 0 Å². The molecule has 110 valence electrons. The van der Waals surface area contributed by atoms with Crippen molar-refractivity contribution >= 4 is 23.0 Å². The molecule has 0 saturated heterocycles. The molecule has 0 unspecified atom stereocenters. The van der Waals surface area contributed by atoms with E-state index in [1.54, 1.807) is 31.1 Å². The van der Waals surface area contributed by atoms with Crippen molar-refractivity contribution in [3.05, 3.63) is 53.6 Å². The lowest BCUT2D eigenvalue weighted by Crippen LogP contribution is -2.22. The number of anilines is 3. The van der Waals surface area contributed by atoms with Gasteiger partial charge in [0.1, 0.15) is 0 Å². The predicted octanol–water partition coefficient (Wildman–Crippen LogP) is 3.05. The summed E-state index contributed by atoms with van der Waals surface area (Å²) in [5, 5.41) is 0. The first-order valence-corrected chi connectivity index (χ1v) is 6.81. The van der Waals surface area contributed by atoms with E-state index in [0.29, 0.717) is 11.3 Å². The van der Waals surface area contributed by atoms with Gasteiger partial charge in [0.2, 0.25) is 0 Å². The van der Waals surface area contributed by atoms with E-state index in [0.717, 1.165) is 11.4 Å². The summed E-state index contributed by atoms with van der Waals surface area (Å²) in [7, 11) is 5.43. The van der Waals surface area contributed by atoms with Gasteiger partial charge >= 0.3 is 0 Å². The Morgan fingerprint density at radius 3 is 2.38 bits per heavy atom. The Bertz CT molecular complexity index is 665. The van der Waals surface area contributed by atoms with Gasteiger partial charge in [0, 0.05) is 32.4 Å². The van der Waals surface area contributed by atoms with Crippen LogP contribution in [0, 0.1) is 6.92 Å². The summed E-state index contributed by atoms with van der Waals surface area (Å²) in [5.41, 5.74) is 10.4. The number of hydrogen-bond donors (Lipinski definition) is 1. The summed E-state index contributed by atoms with van der Waals surface area (Å²) < 4.78 is 0. The number of nitrogens with zero attached hydrogens (tertiary/aromatic N) is 2. The van der Waals surface area contributed by atoms with Gasteiger partial charge in [-0.25, -0.2) is 0 Å². The Balaban J connectivity index is 2.43. The van der Waals surface area contributed by atoms with Crippen molar-refractivity contribution < 1.29 is 4.79 Å². The average Bonchev–Trinajstić information content (AvgIpc) is 2.46. The molecule has 21 heavy (non-hydrogen) atoms. The lowest BCUT2D eigenvalue weighted by atomic mass is 10.1. The zero-order valence-electron chi connectivity index (χ0n) is 12.9. The number of hydrogen-bond acceptors (Lipinski definition) is 3. The van der Waals surface area contributed by atoms with E-state index in [9.17, 15) is 4.79 Å². The summed E-state index contributed by atoms with van der Waals surface area (Å²) in [5.74, 6) is -0.0334. The highest BCUT2D eigenvalue weighted by Gasteiger charge is 2.13. The molecule has 4 heteroatoms. The second-order valence-corrected chi connectivity index (χ2v) is 5.37. The number of nitrogens with two attached hydrogens (primary N) is 1. The summed E-state index contributed by atoms with van der Waals surface area (Å²) in [4.78, 5) is 15.6. The summed E-state index contributed by atoms with van der Waals surface area (Å²) in [6, 6.07) is 13.5. The van der Waals surface area contributed by atoms with Crippen molar-refractivity contribution in [2.75, 3.05) is 31.8 Å². The van der Waals surface area contributed by atoms with Crippen LogP contribution in [0.4, 0.5) is 17.1 Å². The Labute approximate surface area is 125 Å². The molecule has 0 aliphatic carbocycles. The fourth-order valence-electron chi connectivity index (χ4n) is 2.20. The highest BCUT2D eigenvalue weighted by molar-refractivity contribution is 5.96. The van der Waals surface area contributed by atoms with Crippen LogP contribution in [0.2, 0.25) is 0 Å². The summed E-state index contributed by atoms with van der Waals surface area (Å²) >= 11 is 0. The number of amides is 1. The molecule has 2 aromatic carbocycles. The molecular weight excluding hydrogens is 262 g/mol. The molecule has 0 aliphatic rings. The number of aryl methyl sites for hydroxylation is 1. The van der Waals surface area contributed by atoms with Crippen molar-refractivity contribution in [1.82, 2.24) is 4.90 Å². The Morgan fingerprint density at radius 1 is 1.05 bits per heavy atom. The van der Waals surface area contributed by atoms with Crippen LogP contribution in [-0.2, 0) is 0 Å². The molecule has 0 aromatic heterocycles. The molecule has 0 fully saturated rings. The molecular formula is C17H21N3O. The molecule has 2 aromatic rings. The third-order valence-corrected chi connectivity index (χ3v) is 3.43. The minimum absolute atomic E-state index is 0.0334. The van der Waals surface area contributed by atoms with Crippen LogP contribution >= 0.6 is 0 Å². The quantitative estimate of drug-likeness (QED) is 0.881. The lowest BCUT2D eigenvalue weighted by molar-refractivity contribution is 0.0827. The lowest BCUT2D eigenvalue weighted by Gasteiger charge is -2.23. The maximum atomic E-state index is 12.1. The van der Waals surface area contributed by atoms with Gasteiger partial charge in [0.25, 0.3) is 5.91 Å². The van der Waals surface area contributed by atoms with E-state index in [2.05, 4.69) is 6.07 Å². The van der Waals surface area contributed by atoms with Crippen LogP contribution in [0.3, 0.4) is 0 Å². The Kier molecular flexibility index (Phi) is 4.17. The van der Waals surface area contributed by atoms with E-state index in [1.807, 2.05) is 43.1 Å². The number of benzene rings is 2. The van der Waals surface area contributed by atoms with Crippen molar-refractivity contribution in [3.63, 3.8) is 0 Å². The fraction of sp³-hybridized carbons (Fsp3) is 0.235. The van der Waals surface area contributed by atoms with Gasteiger partial charge in [-0.05, 0) is 42.8 Å². The molecule has 0 atom stereocenters. The standard InChI is InChI=1S/C17H21N3O/c1-12-6-5-7-14(10-12)20(4)16-11-13(8-9-15(16)18)17(21)19(2)3/h5-11H,18H2,1-4H3. The highest BCUT2D eigenvalue weighted by atomic mass is 16.2. The van der Waals surface area contributed by atoms with Gasteiger partial charge < -0.3 is 15.5 Å². The second-order valence-electron chi connectivity index (χ2n) is 5.37. The zero-order chi connectivity index (χ0) is 15.6. The van der Waals surface area contributed by atoms with Crippen LogP contribution < -0.4 is 10.6 Å². The number of carbonyl (C=O) groups excluding carboxylic acids is 1. The van der Waals surface area contributed by atoms with E-state index >= 15 is 0 Å². The van der Waals surface area contributed by atoms with E-state index in [-0.39, 0.29) is 5.91 Å². The molecule has 0 heterocycles. The van der Waals surface area contributed by atoms with Crippen LogP contribution in [0.15, 0.2) is 42.5 Å². The normalized spacial score (nSPS) is 10.3. The highest BCUT2D eigenvalue weighted by Crippen LogP contribution is 2.30. The second kappa shape index (κ2) is 5.87. The Morgan fingerprint density at radius 2 is 1.76 bits per heavy atom. The van der Waals surface area contributed by atoms with Crippen LogP contribution in [-0.4, -0.2) is 32.0 Å². The molecule has 0 aliphatic heterocycles. The number of nitrogen functional groups attached to an aromatic ring is 1. The first-order valence-electron chi connectivity index (χ1n) is 6.81. The maximum Gasteiger partial charge on any atom is 0.253 e. The third kappa shape index (κ3) is 3.16. The molecule has 1 amide bonds. The molecule has 4 nitrogen and oxygen atoms in total. The maximum absolute atomic E-state index is 12.1. The molecule has 0 spiro atoms. The van der Waals surface area contributed by atoms with Crippen molar-refractivity contribution in [2.45, 2.75) is 6.92 Å². The minimum atomic E-state index is -0.0334. The monoisotopic (exact) mass is 283 g/mol. The topological polar surface area (TPSA) is 49.6 Å². The smallest absolute Gasteiger partial charge is 0.253 e. The van der Waals surface area contributed by atoms with Gasteiger partial charge in [0.15, 0.2) is 0 Å². The van der Waals surface area contributed by atoms with Gasteiger partial charge in [0.05, 0.1) is 11.4 Å². The van der Waals surface area contributed by atoms with Gasteiger partial charge in [-0.2, -0.15) is 0 Å². The average molecular weight is 283 g/mol. The first-order chi connectivity index (χ1) is 9.90. The zero-order valence-corrected chi connectivity index (χ0v) is 12.9. The minimum Gasteiger partial charge on any atom is -0.397 e. The van der Waals surface area contributed by atoms with E-state index < -0.39 is 0 Å². The number of rotatable bonds is 3. The molecule has 0 saturated carbocycles.